The fourth-order valence-electron chi connectivity index (χ4n) is 2.33. The molecule has 2 aromatic rings. The Morgan fingerprint density at radius 3 is 2.48 bits per heavy atom. The van der Waals surface area contributed by atoms with Crippen LogP contribution < -0.4 is 4.74 Å². The highest BCUT2D eigenvalue weighted by molar-refractivity contribution is 9.10. The van der Waals surface area contributed by atoms with Crippen LogP contribution in [0.15, 0.2) is 51.8 Å². The zero-order chi connectivity index (χ0) is 19.6. The standard InChI is InChI=1S/C19H14BrNO5S/c1-21-17(22)16(27-19(21)25)9-12-4-7-15(14(20)8-12)26-10-11-2-5-13(6-3-11)18(23)24/h2-9H,10H2,1H3,(H,23,24)/b16-9+. The number of carbonyl (C=O) groups excluding carboxylic acids is 2. The number of carboxylic acid groups (broad SMARTS) is 1. The highest BCUT2D eigenvalue weighted by Crippen LogP contribution is 2.33. The molecule has 0 saturated carbocycles. The number of nitrogens with zero attached hydrogens (tertiary/aromatic N) is 1. The zero-order valence-corrected chi connectivity index (χ0v) is 16.5. The molecule has 6 nitrogen and oxygen atoms in total. The summed E-state index contributed by atoms with van der Waals surface area (Å²) in [6, 6.07) is 11.8. The van der Waals surface area contributed by atoms with Gasteiger partial charge in [-0.1, -0.05) is 18.2 Å². The molecule has 1 N–H and O–H groups in total. The summed E-state index contributed by atoms with van der Waals surface area (Å²) in [6.45, 7) is 0.284. The van der Waals surface area contributed by atoms with Crippen LogP contribution in [0.2, 0.25) is 0 Å². The second-order valence-corrected chi connectivity index (χ2v) is 7.57. The lowest BCUT2D eigenvalue weighted by atomic mass is 10.1. The van der Waals surface area contributed by atoms with Gasteiger partial charge in [-0.15, -0.1) is 0 Å². The van der Waals surface area contributed by atoms with E-state index in [9.17, 15) is 14.4 Å². The minimum Gasteiger partial charge on any atom is -0.488 e. The van der Waals surface area contributed by atoms with Crippen molar-refractivity contribution in [3.05, 3.63) is 68.5 Å². The summed E-state index contributed by atoms with van der Waals surface area (Å²) in [7, 11) is 1.45. The Morgan fingerprint density at radius 2 is 1.93 bits per heavy atom. The molecule has 1 aliphatic heterocycles. The van der Waals surface area contributed by atoms with Crippen LogP contribution in [0.5, 0.6) is 5.75 Å². The number of imide groups is 1. The van der Waals surface area contributed by atoms with E-state index in [0.29, 0.717) is 15.1 Å². The van der Waals surface area contributed by atoms with Gasteiger partial charge < -0.3 is 9.84 Å². The Kier molecular flexibility index (Phi) is 5.67. The van der Waals surface area contributed by atoms with Crippen molar-refractivity contribution in [3.63, 3.8) is 0 Å². The third-order valence-electron chi connectivity index (χ3n) is 3.84. The lowest BCUT2D eigenvalue weighted by molar-refractivity contribution is -0.121. The topological polar surface area (TPSA) is 83.9 Å². The number of halogens is 1. The minimum atomic E-state index is -0.971. The molecule has 0 aromatic heterocycles. The Balaban J connectivity index is 1.69. The first kappa shape index (κ1) is 19.2. The summed E-state index contributed by atoms with van der Waals surface area (Å²) in [5, 5.41) is 8.62. The number of hydrogen-bond donors (Lipinski definition) is 1. The summed E-state index contributed by atoms with van der Waals surface area (Å²) >= 11 is 4.35. The molecule has 0 unspecified atom stereocenters. The van der Waals surface area contributed by atoms with Crippen LogP contribution >= 0.6 is 27.7 Å². The molecule has 138 valence electrons. The van der Waals surface area contributed by atoms with Crippen LogP contribution in [0.4, 0.5) is 4.79 Å². The zero-order valence-electron chi connectivity index (χ0n) is 14.1. The summed E-state index contributed by atoms with van der Waals surface area (Å²) in [5.74, 6) is -0.675. The van der Waals surface area contributed by atoms with E-state index in [-0.39, 0.29) is 23.3 Å². The lowest BCUT2D eigenvalue weighted by Gasteiger charge is -2.09. The number of carboxylic acids is 1. The van der Waals surface area contributed by atoms with Crippen molar-refractivity contribution < 1.29 is 24.2 Å². The first-order chi connectivity index (χ1) is 12.8. The molecule has 1 heterocycles. The molecular formula is C19H14BrNO5S. The molecule has 3 rings (SSSR count). The maximum Gasteiger partial charge on any atom is 0.335 e. The van der Waals surface area contributed by atoms with Crippen LogP contribution in [-0.2, 0) is 11.4 Å². The molecule has 1 fully saturated rings. The van der Waals surface area contributed by atoms with Crippen molar-refractivity contribution in [2.24, 2.45) is 0 Å². The van der Waals surface area contributed by atoms with Crippen molar-refractivity contribution in [2.45, 2.75) is 6.61 Å². The number of carbonyl (C=O) groups is 3. The third kappa shape index (κ3) is 4.40. The molecule has 1 aliphatic rings. The van der Waals surface area contributed by atoms with Gasteiger partial charge in [0.25, 0.3) is 11.1 Å². The Hall–Kier alpha value is -2.58. The SMILES string of the molecule is CN1C(=O)S/C(=C/c2ccc(OCc3ccc(C(=O)O)cc3)c(Br)c2)C1=O. The first-order valence-corrected chi connectivity index (χ1v) is 9.42. The number of hydrogen-bond acceptors (Lipinski definition) is 5. The van der Waals surface area contributed by atoms with Gasteiger partial charge in [-0.3, -0.25) is 14.5 Å². The van der Waals surface area contributed by atoms with E-state index in [4.69, 9.17) is 9.84 Å². The van der Waals surface area contributed by atoms with Crippen LogP contribution in [-0.4, -0.2) is 34.2 Å². The molecule has 2 aromatic carbocycles. The normalized spacial score (nSPS) is 15.5. The summed E-state index contributed by atoms with van der Waals surface area (Å²) in [5.41, 5.74) is 1.83. The van der Waals surface area contributed by atoms with E-state index in [2.05, 4.69) is 15.9 Å². The second kappa shape index (κ2) is 7.98. The van der Waals surface area contributed by atoms with Crippen molar-refractivity contribution in [3.8, 4) is 5.75 Å². The van der Waals surface area contributed by atoms with E-state index >= 15 is 0 Å². The summed E-state index contributed by atoms with van der Waals surface area (Å²) < 4.78 is 6.46. The van der Waals surface area contributed by atoms with Crippen LogP contribution in [0.1, 0.15) is 21.5 Å². The van der Waals surface area contributed by atoms with Crippen molar-refractivity contribution >= 4 is 50.9 Å². The van der Waals surface area contributed by atoms with Gasteiger partial charge in [-0.25, -0.2) is 4.79 Å². The highest BCUT2D eigenvalue weighted by Gasteiger charge is 2.31. The first-order valence-electron chi connectivity index (χ1n) is 7.81. The van der Waals surface area contributed by atoms with Crippen LogP contribution in [0, 0.1) is 0 Å². The fraction of sp³-hybridized carbons (Fsp3) is 0.105. The molecule has 0 radical (unpaired) electrons. The molecule has 0 spiro atoms. The third-order valence-corrected chi connectivity index (χ3v) is 5.42. The maximum absolute atomic E-state index is 11.9. The molecule has 8 heteroatoms. The van der Waals surface area contributed by atoms with Gasteiger partial charge in [0, 0.05) is 7.05 Å². The van der Waals surface area contributed by atoms with E-state index in [1.54, 1.807) is 36.4 Å². The average molecular weight is 448 g/mol. The predicted octanol–water partition coefficient (Wildman–Crippen LogP) is 4.39. The monoisotopic (exact) mass is 447 g/mol. The highest BCUT2D eigenvalue weighted by atomic mass is 79.9. The molecular weight excluding hydrogens is 434 g/mol. The van der Waals surface area contributed by atoms with Gasteiger partial charge >= 0.3 is 5.97 Å². The number of rotatable bonds is 5. The number of ether oxygens (including phenoxy) is 1. The van der Waals surface area contributed by atoms with Gasteiger partial charge in [0.15, 0.2) is 0 Å². The maximum atomic E-state index is 11.9. The van der Waals surface area contributed by atoms with Gasteiger partial charge in [0.1, 0.15) is 12.4 Å². The van der Waals surface area contributed by atoms with E-state index in [1.165, 1.54) is 19.2 Å². The number of benzene rings is 2. The molecule has 0 atom stereocenters. The number of aromatic carboxylic acids is 1. The van der Waals surface area contributed by atoms with Crippen molar-refractivity contribution in [1.82, 2.24) is 4.90 Å². The lowest BCUT2D eigenvalue weighted by Crippen LogP contribution is -2.22. The minimum absolute atomic E-state index is 0.223. The quantitative estimate of drug-likeness (QED) is 0.684. The number of thioether (sulfide) groups is 1. The Labute approximate surface area is 167 Å². The Bertz CT molecular complexity index is 955. The number of likely N-dealkylation sites (N-methyl/N-ethyl adjacent to an activating group) is 1. The van der Waals surface area contributed by atoms with Crippen molar-refractivity contribution in [2.75, 3.05) is 7.05 Å². The van der Waals surface area contributed by atoms with Crippen molar-refractivity contribution in [1.29, 1.82) is 0 Å². The van der Waals surface area contributed by atoms with Crippen LogP contribution in [0.3, 0.4) is 0 Å². The smallest absolute Gasteiger partial charge is 0.335 e. The van der Waals surface area contributed by atoms with E-state index < -0.39 is 5.97 Å². The van der Waals surface area contributed by atoms with Gasteiger partial charge in [0.05, 0.1) is 14.9 Å². The molecule has 0 aliphatic carbocycles. The summed E-state index contributed by atoms with van der Waals surface area (Å²) in [6.07, 6.45) is 1.66. The van der Waals surface area contributed by atoms with Gasteiger partial charge in [-0.2, -0.15) is 0 Å². The van der Waals surface area contributed by atoms with Gasteiger partial charge in [0.2, 0.25) is 0 Å². The average Bonchev–Trinajstić information content (AvgIpc) is 2.88. The number of amides is 2. The molecule has 2 amide bonds. The Morgan fingerprint density at radius 1 is 1.22 bits per heavy atom. The molecule has 1 saturated heterocycles. The molecule has 27 heavy (non-hydrogen) atoms. The molecule has 0 bridgehead atoms. The second-order valence-electron chi connectivity index (χ2n) is 5.72. The fourth-order valence-corrected chi connectivity index (χ4v) is 3.66. The van der Waals surface area contributed by atoms with E-state index in [0.717, 1.165) is 27.8 Å². The largest absolute Gasteiger partial charge is 0.488 e. The van der Waals surface area contributed by atoms with E-state index in [1.807, 2.05) is 0 Å². The van der Waals surface area contributed by atoms with Gasteiger partial charge in [-0.05, 0) is 69.2 Å². The van der Waals surface area contributed by atoms with Crippen LogP contribution in [0.25, 0.3) is 6.08 Å². The summed E-state index contributed by atoms with van der Waals surface area (Å²) in [4.78, 5) is 35.8. The predicted molar refractivity (Wildman–Crippen MR) is 106 cm³/mol.